The molecule has 1 atom stereocenters. The fourth-order valence-electron chi connectivity index (χ4n) is 2.67. The molecule has 0 radical (unpaired) electrons. The van der Waals surface area contributed by atoms with Crippen molar-refractivity contribution in [2.24, 2.45) is 0 Å². The zero-order valence-corrected chi connectivity index (χ0v) is 14.3. The topological polar surface area (TPSA) is 105 Å². The number of nitrogens with zero attached hydrogens (tertiary/aromatic N) is 2. The predicted molar refractivity (Wildman–Crippen MR) is 93.3 cm³/mol. The van der Waals surface area contributed by atoms with Crippen molar-refractivity contribution >= 4 is 11.9 Å². The third kappa shape index (κ3) is 4.17. The summed E-state index contributed by atoms with van der Waals surface area (Å²) in [6.45, 7) is 1.82. The van der Waals surface area contributed by atoms with Gasteiger partial charge in [-0.3, -0.25) is 9.59 Å². The number of amides is 1. The first-order valence-corrected chi connectivity index (χ1v) is 8.12. The predicted octanol–water partition coefficient (Wildman–Crippen LogP) is 3.13. The fraction of sp³-hybridized carbons (Fsp3) is 0.158. The van der Waals surface area contributed by atoms with Crippen LogP contribution in [-0.4, -0.2) is 27.1 Å². The lowest BCUT2D eigenvalue weighted by molar-refractivity contribution is -0.137. The summed E-state index contributed by atoms with van der Waals surface area (Å²) in [5, 5.41) is 15.3. The number of carbonyl (C=O) groups is 2. The van der Waals surface area contributed by atoms with E-state index in [2.05, 4.69) is 15.5 Å². The number of carbonyl (C=O) groups excluding carboxylic acids is 1. The first-order valence-electron chi connectivity index (χ1n) is 8.12. The highest BCUT2D eigenvalue weighted by atomic mass is 19.1. The molecule has 3 aromatic rings. The third-order valence-electron chi connectivity index (χ3n) is 3.98. The number of benzene rings is 2. The zero-order chi connectivity index (χ0) is 19.4. The minimum absolute atomic E-state index is 0.0741. The number of aliphatic carboxylic acids is 1. The molecule has 8 heteroatoms. The van der Waals surface area contributed by atoms with Crippen molar-refractivity contribution in [3.63, 3.8) is 0 Å². The van der Waals surface area contributed by atoms with Gasteiger partial charge in [0.05, 0.1) is 18.0 Å². The van der Waals surface area contributed by atoms with E-state index in [1.54, 1.807) is 18.2 Å². The van der Waals surface area contributed by atoms with E-state index in [1.807, 2.05) is 19.1 Å². The van der Waals surface area contributed by atoms with Crippen LogP contribution in [0.2, 0.25) is 0 Å². The van der Waals surface area contributed by atoms with Gasteiger partial charge in [-0.1, -0.05) is 41.6 Å². The summed E-state index contributed by atoms with van der Waals surface area (Å²) in [6, 6.07) is 12.2. The standard InChI is InChI=1S/C19H16FN3O4/c1-11-6-2-3-7-12(11)15(10-16(24)25)21-18(26)17-22-19(27-23-17)13-8-4-5-9-14(13)20/h2-9,15H,10H2,1H3,(H,21,26)(H,24,25)/t15-/m0/s1. The Morgan fingerprint density at radius 3 is 2.59 bits per heavy atom. The van der Waals surface area contributed by atoms with Gasteiger partial charge in [-0.05, 0) is 30.2 Å². The molecule has 0 saturated heterocycles. The molecule has 0 spiro atoms. The first-order chi connectivity index (χ1) is 13.0. The Morgan fingerprint density at radius 2 is 1.89 bits per heavy atom. The lowest BCUT2D eigenvalue weighted by Crippen LogP contribution is -2.31. The number of hydrogen-bond donors (Lipinski definition) is 2. The summed E-state index contributed by atoms with van der Waals surface area (Å²) < 4.78 is 18.8. The molecule has 1 aromatic heterocycles. The maximum Gasteiger partial charge on any atom is 0.305 e. The molecule has 2 aromatic carbocycles. The molecule has 0 aliphatic carbocycles. The van der Waals surface area contributed by atoms with E-state index in [0.717, 1.165) is 5.56 Å². The Labute approximate surface area is 153 Å². The molecule has 138 valence electrons. The number of rotatable bonds is 6. The van der Waals surface area contributed by atoms with Crippen LogP contribution in [0.15, 0.2) is 53.1 Å². The summed E-state index contributed by atoms with van der Waals surface area (Å²) in [6.07, 6.45) is -0.311. The Balaban J connectivity index is 1.83. The van der Waals surface area contributed by atoms with Crippen LogP contribution in [0.5, 0.6) is 0 Å². The Kier molecular flexibility index (Phi) is 5.25. The second-order valence-corrected chi connectivity index (χ2v) is 5.88. The summed E-state index contributed by atoms with van der Waals surface area (Å²) in [4.78, 5) is 27.6. The van der Waals surface area contributed by atoms with E-state index in [-0.39, 0.29) is 23.7 Å². The minimum atomic E-state index is -1.07. The van der Waals surface area contributed by atoms with Crippen molar-refractivity contribution in [3.8, 4) is 11.5 Å². The van der Waals surface area contributed by atoms with Gasteiger partial charge in [-0.2, -0.15) is 4.98 Å². The number of nitrogens with one attached hydrogen (secondary N) is 1. The molecule has 0 bridgehead atoms. The van der Waals surface area contributed by atoms with Crippen molar-refractivity contribution < 1.29 is 23.6 Å². The van der Waals surface area contributed by atoms with Crippen molar-refractivity contribution in [3.05, 3.63) is 71.3 Å². The number of aromatic nitrogens is 2. The van der Waals surface area contributed by atoms with E-state index in [0.29, 0.717) is 5.56 Å². The molecule has 1 heterocycles. The number of carboxylic acids is 1. The molecule has 3 rings (SSSR count). The monoisotopic (exact) mass is 369 g/mol. The molecule has 2 N–H and O–H groups in total. The molecule has 27 heavy (non-hydrogen) atoms. The lowest BCUT2D eigenvalue weighted by Gasteiger charge is -2.18. The average molecular weight is 369 g/mol. The van der Waals surface area contributed by atoms with Gasteiger partial charge in [0.25, 0.3) is 17.6 Å². The molecule has 0 aliphatic heterocycles. The van der Waals surface area contributed by atoms with Gasteiger partial charge in [0.2, 0.25) is 0 Å². The van der Waals surface area contributed by atoms with Gasteiger partial charge in [0.15, 0.2) is 0 Å². The largest absolute Gasteiger partial charge is 0.481 e. The van der Waals surface area contributed by atoms with Gasteiger partial charge in [-0.15, -0.1) is 0 Å². The maximum atomic E-state index is 13.8. The second kappa shape index (κ2) is 7.77. The van der Waals surface area contributed by atoms with Crippen molar-refractivity contribution in [2.75, 3.05) is 0 Å². The molecule has 0 aliphatic rings. The fourth-order valence-corrected chi connectivity index (χ4v) is 2.67. The molecule has 1 amide bonds. The van der Waals surface area contributed by atoms with E-state index < -0.39 is 23.7 Å². The van der Waals surface area contributed by atoms with Crippen LogP contribution in [0.4, 0.5) is 4.39 Å². The van der Waals surface area contributed by atoms with E-state index in [4.69, 9.17) is 9.63 Å². The highest BCUT2D eigenvalue weighted by molar-refractivity contribution is 5.91. The van der Waals surface area contributed by atoms with Crippen molar-refractivity contribution in [2.45, 2.75) is 19.4 Å². The van der Waals surface area contributed by atoms with E-state index in [9.17, 15) is 14.0 Å². The summed E-state index contributed by atoms with van der Waals surface area (Å²) in [5.41, 5.74) is 1.58. The highest BCUT2D eigenvalue weighted by Gasteiger charge is 2.24. The van der Waals surface area contributed by atoms with E-state index >= 15 is 0 Å². The second-order valence-electron chi connectivity index (χ2n) is 5.88. The molecule has 0 saturated carbocycles. The van der Waals surface area contributed by atoms with Gasteiger partial charge < -0.3 is 14.9 Å². The number of halogens is 1. The van der Waals surface area contributed by atoms with Crippen LogP contribution in [0.25, 0.3) is 11.5 Å². The van der Waals surface area contributed by atoms with Crippen LogP contribution in [0, 0.1) is 12.7 Å². The smallest absolute Gasteiger partial charge is 0.305 e. The molecular formula is C19H16FN3O4. The Morgan fingerprint density at radius 1 is 1.19 bits per heavy atom. The number of hydrogen-bond acceptors (Lipinski definition) is 5. The van der Waals surface area contributed by atoms with Crippen molar-refractivity contribution in [1.82, 2.24) is 15.5 Å². The highest BCUT2D eigenvalue weighted by Crippen LogP contribution is 2.23. The van der Waals surface area contributed by atoms with Gasteiger partial charge in [0, 0.05) is 0 Å². The molecule has 7 nitrogen and oxygen atoms in total. The third-order valence-corrected chi connectivity index (χ3v) is 3.98. The van der Waals surface area contributed by atoms with Crippen LogP contribution in [-0.2, 0) is 4.79 Å². The normalized spacial score (nSPS) is 11.8. The minimum Gasteiger partial charge on any atom is -0.481 e. The molecule has 0 fully saturated rings. The average Bonchev–Trinajstić information content (AvgIpc) is 3.11. The Hall–Kier alpha value is -3.55. The molecule has 0 unspecified atom stereocenters. The van der Waals surface area contributed by atoms with Gasteiger partial charge in [-0.25, -0.2) is 4.39 Å². The number of carboxylic acid groups (broad SMARTS) is 1. The van der Waals surface area contributed by atoms with Crippen LogP contribution < -0.4 is 5.32 Å². The SMILES string of the molecule is Cc1ccccc1[C@H](CC(=O)O)NC(=O)c1noc(-c2ccccc2F)n1. The Bertz CT molecular complexity index is 986. The summed E-state index contributed by atoms with van der Waals surface area (Å²) in [5.74, 6) is -2.78. The quantitative estimate of drug-likeness (QED) is 0.692. The van der Waals surface area contributed by atoms with Crippen LogP contribution >= 0.6 is 0 Å². The van der Waals surface area contributed by atoms with Crippen LogP contribution in [0.3, 0.4) is 0 Å². The van der Waals surface area contributed by atoms with Crippen LogP contribution in [0.1, 0.15) is 34.2 Å². The first kappa shape index (κ1) is 18.2. The van der Waals surface area contributed by atoms with Crippen molar-refractivity contribution in [1.29, 1.82) is 0 Å². The lowest BCUT2D eigenvalue weighted by atomic mass is 9.99. The van der Waals surface area contributed by atoms with E-state index in [1.165, 1.54) is 18.2 Å². The van der Waals surface area contributed by atoms with Gasteiger partial charge in [0.1, 0.15) is 5.82 Å². The number of aryl methyl sites for hydroxylation is 1. The zero-order valence-electron chi connectivity index (χ0n) is 14.3. The summed E-state index contributed by atoms with van der Waals surface area (Å²) in [7, 11) is 0. The maximum absolute atomic E-state index is 13.8. The van der Waals surface area contributed by atoms with Gasteiger partial charge >= 0.3 is 5.97 Å². The summed E-state index contributed by atoms with van der Waals surface area (Å²) >= 11 is 0. The molecular weight excluding hydrogens is 353 g/mol.